The van der Waals surface area contributed by atoms with Gasteiger partial charge in [0.1, 0.15) is 17.0 Å². The number of fused-ring (bicyclic) bond motifs is 1. The molecule has 39 heavy (non-hydrogen) atoms. The fraction of sp³-hybridized carbons (Fsp3) is 0.385. The number of ether oxygens (including phenoxy) is 2. The minimum Gasteiger partial charge on any atom is -0.496 e. The second-order valence-electron chi connectivity index (χ2n) is 8.94. The van der Waals surface area contributed by atoms with Crippen LogP contribution in [0.25, 0.3) is 11.0 Å². The van der Waals surface area contributed by atoms with Crippen LogP contribution in [0.2, 0.25) is 0 Å². The number of carbonyl (C=O) groups is 3. The van der Waals surface area contributed by atoms with E-state index in [1.807, 2.05) is 12.1 Å². The molecule has 0 saturated heterocycles. The monoisotopic (exact) mass is 536 g/mol. The van der Waals surface area contributed by atoms with Gasteiger partial charge in [0.2, 0.25) is 11.9 Å². The highest BCUT2D eigenvalue weighted by atomic mass is 16.5. The minimum absolute atomic E-state index is 0.00106. The summed E-state index contributed by atoms with van der Waals surface area (Å²) in [4.78, 5) is 45.3. The number of benzene rings is 1. The largest absolute Gasteiger partial charge is 0.496 e. The maximum Gasteiger partial charge on any atom is 0.253 e. The summed E-state index contributed by atoms with van der Waals surface area (Å²) >= 11 is 0. The van der Waals surface area contributed by atoms with Crippen molar-refractivity contribution >= 4 is 40.5 Å². The molecule has 0 radical (unpaired) electrons. The van der Waals surface area contributed by atoms with Crippen LogP contribution < -0.4 is 25.8 Å². The van der Waals surface area contributed by atoms with Crippen molar-refractivity contribution in [1.82, 2.24) is 30.0 Å². The number of nitrogens with two attached hydrogens (primary N) is 1. The van der Waals surface area contributed by atoms with E-state index in [-0.39, 0.29) is 31.4 Å². The predicted molar refractivity (Wildman–Crippen MR) is 144 cm³/mol. The fourth-order valence-electron chi connectivity index (χ4n) is 4.18. The number of nitrogens with zero attached hydrogens (tertiary/aromatic N) is 5. The number of aromatic nitrogens is 4. The molecule has 4 rings (SSSR count). The summed E-state index contributed by atoms with van der Waals surface area (Å²) in [6, 6.07) is 3.63. The van der Waals surface area contributed by atoms with E-state index in [4.69, 9.17) is 15.2 Å². The molecular formula is C26H32N8O5. The second-order valence-corrected chi connectivity index (χ2v) is 8.94. The molecule has 3 aromatic rings. The van der Waals surface area contributed by atoms with Crippen molar-refractivity contribution in [2.45, 2.75) is 39.3 Å². The summed E-state index contributed by atoms with van der Waals surface area (Å²) in [5.41, 5.74) is 8.65. The molecule has 2 aromatic heterocycles. The van der Waals surface area contributed by atoms with Gasteiger partial charge in [0, 0.05) is 38.2 Å². The van der Waals surface area contributed by atoms with E-state index in [2.05, 4.69) is 32.6 Å². The number of hydrogen-bond acceptors (Lipinski definition) is 10. The number of nitrogen functional groups attached to an aromatic ring is 1. The van der Waals surface area contributed by atoms with Crippen LogP contribution in [-0.4, -0.2) is 69.7 Å². The van der Waals surface area contributed by atoms with Crippen molar-refractivity contribution in [3.8, 4) is 11.5 Å². The zero-order valence-electron chi connectivity index (χ0n) is 22.2. The van der Waals surface area contributed by atoms with Gasteiger partial charge in [-0.05, 0) is 24.1 Å². The maximum absolute atomic E-state index is 12.3. The molecule has 1 aliphatic heterocycles. The van der Waals surface area contributed by atoms with Gasteiger partial charge in [-0.3, -0.25) is 24.0 Å². The number of hydrogen-bond donors (Lipinski definition) is 3. The van der Waals surface area contributed by atoms with Crippen LogP contribution in [0.15, 0.2) is 30.5 Å². The number of anilines is 2. The number of unbranched alkanes of at least 4 members (excludes halogenated alkanes) is 1. The highest BCUT2D eigenvalue weighted by Crippen LogP contribution is 2.32. The van der Waals surface area contributed by atoms with Gasteiger partial charge in [-0.15, -0.1) is 0 Å². The lowest BCUT2D eigenvalue weighted by Crippen LogP contribution is -2.34. The molecule has 13 heteroatoms. The maximum atomic E-state index is 12.3. The van der Waals surface area contributed by atoms with Gasteiger partial charge in [-0.1, -0.05) is 13.3 Å². The Kier molecular flexibility index (Phi) is 8.59. The minimum atomic E-state index is -0.414. The third kappa shape index (κ3) is 6.43. The van der Waals surface area contributed by atoms with Crippen molar-refractivity contribution < 1.29 is 23.9 Å². The van der Waals surface area contributed by atoms with E-state index in [0.29, 0.717) is 34.9 Å². The lowest BCUT2D eigenvalue weighted by Gasteiger charge is -2.16. The van der Waals surface area contributed by atoms with Crippen molar-refractivity contribution in [1.29, 1.82) is 0 Å². The summed E-state index contributed by atoms with van der Waals surface area (Å²) in [7, 11) is 3.11. The van der Waals surface area contributed by atoms with Crippen molar-refractivity contribution in [3.63, 3.8) is 0 Å². The van der Waals surface area contributed by atoms with E-state index < -0.39 is 11.8 Å². The van der Waals surface area contributed by atoms with Gasteiger partial charge in [-0.25, -0.2) is 4.98 Å². The average Bonchev–Trinajstić information content (AvgIpc) is 3.47. The van der Waals surface area contributed by atoms with Crippen LogP contribution in [0.4, 0.5) is 11.8 Å². The van der Waals surface area contributed by atoms with Crippen LogP contribution in [0.3, 0.4) is 0 Å². The molecule has 1 aromatic carbocycles. The molecule has 0 atom stereocenters. The Balaban J connectivity index is 1.47. The Morgan fingerprint density at radius 3 is 2.41 bits per heavy atom. The second kappa shape index (κ2) is 12.2. The molecule has 0 bridgehead atoms. The van der Waals surface area contributed by atoms with E-state index in [1.165, 1.54) is 12.2 Å². The van der Waals surface area contributed by atoms with Gasteiger partial charge in [0.25, 0.3) is 11.8 Å². The molecule has 0 spiro atoms. The van der Waals surface area contributed by atoms with E-state index >= 15 is 0 Å². The summed E-state index contributed by atoms with van der Waals surface area (Å²) in [5.74, 6) is 0.748. The quantitative estimate of drug-likeness (QED) is 0.216. The zero-order valence-corrected chi connectivity index (χ0v) is 22.2. The number of imide groups is 1. The molecule has 13 nitrogen and oxygen atoms in total. The molecule has 0 fully saturated rings. The van der Waals surface area contributed by atoms with Crippen molar-refractivity contribution in [2.75, 3.05) is 38.4 Å². The number of nitrogens with one attached hydrogen (secondary N) is 2. The first-order valence-corrected chi connectivity index (χ1v) is 12.6. The fourth-order valence-corrected chi connectivity index (χ4v) is 4.18. The van der Waals surface area contributed by atoms with Crippen LogP contribution in [-0.2, 0) is 27.5 Å². The van der Waals surface area contributed by atoms with E-state index in [1.54, 1.807) is 25.1 Å². The van der Waals surface area contributed by atoms with E-state index in [0.717, 1.165) is 35.4 Å². The van der Waals surface area contributed by atoms with Gasteiger partial charge in [0.05, 0.1) is 32.5 Å². The molecule has 0 saturated carbocycles. The highest BCUT2D eigenvalue weighted by Gasteiger charge is 2.23. The molecule has 4 N–H and O–H groups in total. The summed E-state index contributed by atoms with van der Waals surface area (Å²) in [5, 5.41) is 10.8. The predicted octanol–water partition coefficient (Wildman–Crippen LogP) is 1.62. The molecule has 0 aliphatic carbocycles. The third-order valence-electron chi connectivity index (χ3n) is 6.19. The van der Waals surface area contributed by atoms with Crippen LogP contribution >= 0.6 is 0 Å². The first-order chi connectivity index (χ1) is 18.8. The summed E-state index contributed by atoms with van der Waals surface area (Å²) in [6.07, 6.45) is 6.21. The van der Waals surface area contributed by atoms with Crippen molar-refractivity contribution in [2.24, 2.45) is 0 Å². The van der Waals surface area contributed by atoms with Gasteiger partial charge in [-0.2, -0.15) is 10.1 Å². The Morgan fingerprint density at radius 2 is 1.77 bits per heavy atom. The third-order valence-corrected chi connectivity index (χ3v) is 6.19. The first-order valence-electron chi connectivity index (χ1n) is 12.6. The topological polar surface area (TPSA) is 167 Å². The van der Waals surface area contributed by atoms with Crippen LogP contribution in [0, 0.1) is 0 Å². The first kappa shape index (κ1) is 27.4. The number of rotatable bonds is 13. The number of carbonyl (C=O) groups excluding carboxylic acids is 3. The smallest absolute Gasteiger partial charge is 0.253 e. The van der Waals surface area contributed by atoms with Gasteiger partial charge < -0.3 is 25.8 Å². The lowest BCUT2D eigenvalue weighted by atomic mass is 10.1. The number of methoxy groups -OCH3 is 2. The van der Waals surface area contributed by atoms with Gasteiger partial charge >= 0.3 is 0 Å². The van der Waals surface area contributed by atoms with Crippen LogP contribution in [0.5, 0.6) is 11.5 Å². The Hall–Kier alpha value is -4.68. The SMILES string of the molecule is CCCCNc1nc(N)nc2cn(Cc3c(OC)cc(CNC(=O)CCN4C(=O)C=CC4=O)cc3OC)nc12. The molecule has 206 valence electrons. The molecule has 3 heterocycles. The Labute approximate surface area is 225 Å². The Morgan fingerprint density at radius 1 is 1.08 bits per heavy atom. The highest BCUT2D eigenvalue weighted by molar-refractivity contribution is 6.13. The zero-order chi connectivity index (χ0) is 27.9. The van der Waals surface area contributed by atoms with Gasteiger partial charge in [0.15, 0.2) is 11.3 Å². The van der Waals surface area contributed by atoms with Crippen molar-refractivity contribution in [3.05, 3.63) is 41.6 Å². The Bertz CT molecular complexity index is 1370. The average molecular weight is 537 g/mol. The summed E-state index contributed by atoms with van der Waals surface area (Å²) in [6.45, 7) is 3.42. The normalized spacial score (nSPS) is 12.8. The standard InChI is InChI=1S/C26H32N8O5/c1-4-5-9-28-25-24-18(30-26(27)31-25)15-33(32-24)14-17-19(38-2)11-16(12-20(17)39-3)13-29-21(35)8-10-34-22(36)6-7-23(34)37/h6-7,11-12,15H,4-5,8-10,13-14H2,1-3H3,(H,29,35)(H3,27,28,30,31). The molecule has 3 amide bonds. The molecule has 0 unspecified atom stereocenters. The lowest BCUT2D eigenvalue weighted by molar-refractivity contribution is -0.137. The van der Waals surface area contributed by atoms with Crippen LogP contribution in [0.1, 0.15) is 37.3 Å². The van der Waals surface area contributed by atoms with E-state index in [9.17, 15) is 14.4 Å². The molecule has 1 aliphatic rings. The summed E-state index contributed by atoms with van der Waals surface area (Å²) < 4.78 is 13.0. The number of amides is 3. The molecular weight excluding hydrogens is 504 g/mol.